The number of nitrogens with zero attached hydrogens (tertiary/aromatic N) is 2. The highest BCUT2D eigenvalue weighted by molar-refractivity contribution is 6.30. The number of hydrogen-bond acceptors (Lipinski definition) is 4. The van der Waals surface area contributed by atoms with Crippen molar-refractivity contribution in [3.63, 3.8) is 0 Å². The van der Waals surface area contributed by atoms with Crippen LogP contribution in [0.25, 0.3) is 11.3 Å². The van der Waals surface area contributed by atoms with Crippen LogP contribution in [-0.2, 0) is 13.0 Å². The summed E-state index contributed by atoms with van der Waals surface area (Å²) in [6.07, 6.45) is 0.941. The second-order valence-corrected chi connectivity index (χ2v) is 5.22. The molecule has 0 saturated heterocycles. The Hall–Kier alpha value is -1.36. The summed E-state index contributed by atoms with van der Waals surface area (Å²) >= 11 is 5.97. The summed E-state index contributed by atoms with van der Waals surface area (Å²) in [5.74, 6) is 0.707. The quantitative estimate of drug-likeness (QED) is 0.909. The monoisotopic (exact) mass is 324 g/mol. The van der Waals surface area contributed by atoms with Crippen molar-refractivity contribution in [2.45, 2.75) is 19.9 Å². The van der Waals surface area contributed by atoms with Crippen LogP contribution in [0, 0.1) is 0 Å². The molecule has 1 aliphatic rings. The molecule has 1 aliphatic heterocycles. The molecule has 0 radical (unpaired) electrons. The Morgan fingerprint density at radius 1 is 1.24 bits per heavy atom. The second-order valence-electron chi connectivity index (χ2n) is 4.79. The zero-order chi connectivity index (χ0) is 13.9. The van der Waals surface area contributed by atoms with Crippen LogP contribution in [0.1, 0.15) is 18.2 Å². The van der Waals surface area contributed by atoms with Crippen molar-refractivity contribution in [1.82, 2.24) is 15.3 Å². The number of aromatic nitrogens is 2. The molecular weight excluding hydrogens is 307 g/mol. The van der Waals surface area contributed by atoms with Crippen LogP contribution in [0.3, 0.4) is 0 Å². The summed E-state index contributed by atoms with van der Waals surface area (Å²) in [5, 5.41) is 7.34. The van der Waals surface area contributed by atoms with Gasteiger partial charge in [0.2, 0.25) is 5.95 Å². The van der Waals surface area contributed by atoms with Crippen LogP contribution in [-0.4, -0.2) is 23.1 Å². The van der Waals surface area contributed by atoms with Gasteiger partial charge in [-0.1, -0.05) is 23.7 Å². The average molecular weight is 325 g/mol. The SMILES string of the molecule is CCNc1nc2c(c(-c3ccc(Cl)cc3)n1)CNCC2.Cl. The summed E-state index contributed by atoms with van der Waals surface area (Å²) in [7, 11) is 0. The molecule has 0 aliphatic carbocycles. The molecular formula is C15H18Cl2N4. The first-order valence-corrected chi connectivity index (χ1v) is 7.26. The van der Waals surface area contributed by atoms with Gasteiger partial charge in [0.05, 0.1) is 11.4 Å². The fourth-order valence-corrected chi connectivity index (χ4v) is 2.55. The largest absolute Gasteiger partial charge is 0.354 e. The average Bonchev–Trinajstić information content (AvgIpc) is 2.48. The smallest absolute Gasteiger partial charge is 0.223 e. The number of nitrogens with one attached hydrogen (secondary N) is 2. The number of halogens is 2. The standard InChI is InChI=1S/C15H17ClN4.ClH/c1-2-18-15-19-13-7-8-17-9-12(13)14(20-15)10-3-5-11(16)6-4-10;/h3-6,17H,2,7-9H2,1H3,(H,18,19,20);1H. The molecule has 112 valence electrons. The Bertz CT molecular complexity index is 614. The Balaban J connectivity index is 0.00000161. The summed E-state index contributed by atoms with van der Waals surface area (Å²) in [6.45, 7) is 4.65. The molecule has 2 heterocycles. The van der Waals surface area contributed by atoms with E-state index in [4.69, 9.17) is 11.6 Å². The first-order valence-electron chi connectivity index (χ1n) is 6.88. The lowest BCUT2D eigenvalue weighted by atomic mass is 10.0. The lowest BCUT2D eigenvalue weighted by Crippen LogP contribution is -2.26. The topological polar surface area (TPSA) is 49.8 Å². The predicted molar refractivity (Wildman–Crippen MR) is 89.3 cm³/mol. The Kier molecular flexibility index (Phi) is 5.39. The molecule has 3 rings (SSSR count). The van der Waals surface area contributed by atoms with Crippen molar-refractivity contribution in [2.24, 2.45) is 0 Å². The van der Waals surface area contributed by atoms with Crippen molar-refractivity contribution in [3.8, 4) is 11.3 Å². The molecule has 6 heteroatoms. The third kappa shape index (κ3) is 3.46. The first kappa shape index (κ1) is 16.0. The molecule has 0 spiro atoms. The van der Waals surface area contributed by atoms with Crippen molar-refractivity contribution < 1.29 is 0 Å². The molecule has 4 nitrogen and oxygen atoms in total. The second kappa shape index (κ2) is 7.07. The van der Waals surface area contributed by atoms with E-state index in [1.807, 2.05) is 31.2 Å². The number of benzene rings is 1. The van der Waals surface area contributed by atoms with E-state index in [9.17, 15) is 0 Å². The number of hydrogen-bond donors (Lipinski definition) is 2. The molecule has 0 atom stereocenters. The molecule has 1 aromatic heterocycles. The fraction of sp³-hybridized carbons (Fsp3) is 0.333. The Labute approximate surface area is 135 Å². The fourth-order valence-electron chi connectivity index (χ4n) is 2.43. The maximum Gasteiger partial charge on any atom is 0.223 e. The van der Waals surface area contributed by atoms with Gasteiger partial charge < -0.3 is 10.6 Å². The van der Waals surface area contributed by atoms with Gasteiger partial charge in [-0.25, -0.2) is 9.97 Å². The van der Waals surface area contributed by atoms with Crippen molar-refractivity contribution in [2.75, 3.05) is 18.4 Å². The molecule has 0 fully saturated rings. The summed E-state index contributed by atoms with van der Waals surface area (Å²) < 4.78 is 0. The van der Waals surface area contributed by atoms with E-state index in [-0.39, 0.29) is 12.4 Å². The Morgan fingerprint density at radius 3 is 2.71 bits per heavy atom. The van der Waals surface area contributed by atoms with Gasteiger partial charge in [0, 0.05) is 42.2 Å². The van der Waals surface area contributed by atoms with Gasteiger partial charge in [0.25, 0.3) is 0 Å². The molecule has 2 aromatic rings. The van der Waals surface area contributed by atoms with Gasteiger partial charge in [0.15, 0.2) is 0 Å². The van der Waals surface area contributed by atoms with Crippen LogP contribution in [0.4, 0.5) is 5.95 Å². The molecule has 1 aromatic carbocycles. The highest BCUT2D eigenvalue weighted by Gasteiger charge is 2.18. The van der Waals surface area contributed by atoms with Gasteiger partial charge in [-0.2, -0.15) is 0 Å². The first-order chi connectivity index (χ1) is 9.78. The summed E-state index contributed by atoms with van der Waals surface area (Å²) in [4.78, 5) is 9.29. The normalized spacial score (nSPS) is 13.2. The molecule has 0 bridgehead atoms. The molecule has 0 saturated carbocycles. The van der Waals surface area contributed by atoms with Crippen LogP contribution in [0.15, 0.2) is 24.3 Å². The van der Waals surface area contributed by atoms with Crippen LogP contribution >= 0.6 is 24.0 Å². The number of rotatable bonds is 3. The highest BCUT2D eigenvalue weighted by Crippen LogP contribution is 2.27. The van der Waals surface area contributed by atoms with Crippen molar-refractivity contribution in [1.29, 1.82) is 0 Å². The van der Waals surface area contributed by atoms with E-state index in [0.29, 0.717) is 5.95 Å². The minimum absolute atomic E-state index is 0. The van der Waals surface area contributed by atoms with Gasteiger partial charge in [0.1, 0.15) is 0 Å². The van der Waals surface area contributed by atoms with E-state index >= 15 is 0 Å². The van der Waals surface area contributed by atoms with Gasteiger partial charge in [-0.15, -0.1) is 12.4 Å². The molecule has 0 amide bonds. The minimum atomic E-state index is 0. The summed E-state index contributed by atoms with van der Waals surface area (Å²) in [6, 6.07) is 7.81. The van der Waals surface area contributed by atoms with Crippen LogP contribution < -0.4 is 10.6 Å². The minimum Gasteiger partial charge on any atom is -0.354 e. The third-order valence-electron chi connectivity index (χ3n) is 3.39. The maximum atomic E-state index is 5.97. The predicted octanol–water partition coefficient (Wildman–Crippen LogP) is 3.30. The van der Waals surface area contributed by atoms with Crippen LogP contribution in [0.5, 0.6) is 0 Å². The van der Waals surface area contributed by atoms with E-state index in [1.165, 1.54) is 5.56 Å². The van der Waals surface area contributed by atoms with Gasteiger partial charge in [-0.05, 0) is 19.1 Å². The van der Waals surface area contributed by atoms with Crippen LogP contribution in [0.2, 0.25) is 5.02 Å². The zero-order valence-corrected chi connectivity index (χ0v) is 13.4. The Morgan fingerprint density at radius 2 is 2.00 bits per heavy atom. The van der Waals surface area contributed by atoms with Crippen molar-refractivity contribution in [3.05, 3.63) is 40.5 Å². The van der Waals surface area contributed by atoms with E-state index in [2.05, 4.69) is 20.6 Å². The van der Waals surface area contributed by atoms with E-state index in [1.54, 1.807) is 0 Å². The number of fused-ring (bicyclic) bond motifs is 1. The highest BCUT2D eigenvalue weighted by atomic mass is 35.5. The molecule has 2 N–H and O–H groups in total. The molecule has 0 unspecified atom stereocenters. The lowest BCUT2D eigenvalue weighted by Gasteiger charge is -2.20. The van der Waals surface area contributed by atoms with E-state index in [0.717, 1.165) is 48.0 Å². The van der Waals surface area contributed by atoms with Gasteiger partial charge >= 0.3 is 0 Å². The van der Waals surface area contributed by atoms with Crippen molar-refractivity contribution >= 4 is 30.0 Å². The summed E-state index contributed by atoms with van der Waals surface area (Å²) in [5.41, 5.74) is 4.41. The molecule has 21 heavy (non-hydrogen) atoms. The lowest BCUT2D eigenvalue weighted by molar-refractivity contribution is 0.628. The maximum absolute atomic E-state index is 5.97. The number of anilines is 1. The third-order valence-corrected chi connectivity index (χ3v) is 3.64. The van der Waals surface area contributed by atoms with E-state index < -0.39 is 0 Å². The van der Waals surface area contributed by atoms with Gasteiger partial charge in [-0.3, -0.25) is 0 Å². The zero-order valence-electron chi connectivity index (χ0n) is 11.8.